The Bertz CT molecular complexity index is 482. The van der Waals surface area contributed by atoms with Crippen molar-refractivity contribution in [1.29, 1.82) is 0 Å². The molecule has 0 radical (unpaired) electrons. The number of para-hydroxylation sites is 1. The molecule has 0 fully saturated rings. The molecule has 0 aliphatic carbocycles. The van der Waals surface area contributed by atoms with Crippen LogP contribution in [0.1, 0.15) is 25.1 Å². The first kappa shape index (κ1) is 10.6. The average molecular weight is 265 g/mol. The van der Waals surface area contributed by atoms with Crippen molar-refractivity contribution in [1.82, 2.24) is 4.98 Å². The van der Waals surface area contributed by atoms with Gasteiger partial charge in [-0.05, 0) is 34.5 Å². The minimum atomic E-state index is 0.00369. The highest BCUT2D eigenvalue weighted by atomic mass is 79.9. The van der Waals surface area contributed by atoms with Gasteiger partial charge in [0, 0.05) is 15.9 Å². The number of rotatable bonds is 2. The van der Waals surface area contributed by atoms with Crippen LogP contribution in [-0.2, 0) is 0 Å². The second-order valence-electron chi connectivity index (χ2n) is 3.56. The van der Waals surface area contributed by atoms with Gasteiger partial charge < -0.3 is 5.73 Å². The molecule has 15 heavy (non-hydrogen) atoms. The number of halogens is 1. The number of fused-ring (bicyclic) bond motifs is 1. The fourth-order valence-electron chi connectivity index (χ4n) is 1.56. The molecule has 3 heteroatoms. The van der Waals surface area contributed by atoms with Gasteiger partial charge in [-0.3, -0.25) is 0 Å². The van der Waals surface area contributed by atoms with E-state index in [0.29, 0.717) is 0 Å². The van der Waals surface area contributed by atoms with Crippen LogP contribution in [0.2, 0.25) is 0 Å². The summed E-state index contributed by atoms with van der Waals surface area (Å²) in [6.45, 7) is 2.06. The van der Waals surface area contributed by atoms with Gasteiger partial charge in [-0.2, -0.15) is 0 Å². The molecule has 2 nitrogen and oxygen atoms in total. The summed E-state index contributed by atoms with van der Waals surface area (Å²) in [7, 11) is 0. The van der Waals surface area contributed by atoms with Crippen molar-refractivity contribution < 1.29 is 0 Å². The normalized spacial score (nSPS) is 13.0. The monoisotopic (exact) mass is 264 g/mol. The quantitative estimate of drug-likeness (QED) is 0.903. The van der Waals surface area contributed by atoms with Gasteiger partial charge in [0.2, 0.25) is 0 Å². The second-order valence-corrected chi connectivity index (χ2v) is 4.42. The molecule has 0 amide bonds. The van der Waals surface area contributed by atoms with Crippen molar-refractivity contribution in [3.8, 4) is 0 Å². The minimum Gasteiger partial charge on any atom is -0.323 e. The summed E-state index contributed by atoms with van der Waals surface area (Å²) >= 11 is 3.52. The first-order valence-electron chi connectivity index (χ1n) is 5.03. The van der Waals surface area contributed by atoms with E-state index in [0.717, 1.165) is 27.5 Å². The lowest BCUT2D eigenvalue weighted by atomic mass is 10.1. The molecule has 1 aromatic heterocycles. The molecule has 0 saturated heterocycles. The number of aromatic nitrogens is 1. The Kier molecular flexibility index (Phi) is 3.03. The molecule has 0 aliphatic rings. The van der Waals surface area contributed by atoms with E-state index in [-0.39, 0.29) is 6.04 Å². The maximum Gasteiger partial charge on any atom is 0.0720 e. The van der Waals surface area contributed by atoms with E-state index in [1.54, 1.807) is 0 Å². The van der Waals surface area contributed by atoms with Gasteiger partial charge in [0.05, 0.1) is 11.2 Å². The Balaban J connectivity index is 2.61. The molecular weight excluding hydrogens is 252 g/mol. The number of pyridine rings is 1. The zero-order valence-electron chi connectivity index (χ0n) is 8.57. The summed E-state index contributed by atoms with van der Waals surface area (Å²) in [5.74, 6) is 0. The van der Waals surface area contributed by atoms with Gasteiger partial charge in [0.15, 0.2) is 0 Å². The third-order valence-electron chi connectivity index (χ3n) is 2.50. The summed E-state index contributed by atoms with van der Waals surface area (Å²) in [4.78, 5) is 4.57. The molecule has 2 aromatic rings. The average Bonchev–Trinajstić information content (AvgIpc) is 2.27. The van der Waals surface area contributed by atoms with Gasteiger partial charge in [-0.1, -0.05) is 25.1 Å². The van der Waals surface area contributed by atoms with Crippen LogP contribution in [0.4, 0.5) is 0 Å². The van der Waals surface area contributed by atoms with Gasteiger partial charge in [-0.25, -0.2) is 4.98 Å². The van der Waals surface area contributed by atoms with E-state index < -0.39 is 0 Å². The van der Waals surface area contributed by atoms with Crippen molar-refractivity contribution in [2.24, 2.45) is 5.73 Å². The molecule has 2 rings (SSSR count). The molecule has 0 unspecified atom stereocenters. The molecule has 0 spiro atoms. The smallest absolute Gasteiger partial charge is 0.0720 e. The summed E-state index contributed by atoms with van der Waals surface area (Å²) in [5.41, 5.74) is 7.93. The standard InChI is InChI=1S/C12H13BrN2/c1-2-10(14)12-9(13)7-8-5-3-4-6-11(8)15-12/h3-7,10H,2,14H2,1H3/t10-/m0/s1. The van der Waals surface area contributed by atoms with Gasteiger partial charge in [-0.15, -0.1) is 0 Å². The minimum absolute atomic E-state index is 0.00369. The third-order valence-corrected chi connectivity index (χ3v) is 3.13. The second kappa shape index (κ2) is 4.29. The number of nitrogens with zero attached hydrogens (tertiary/aromatic N) is 1. The number of benzene rings is 1. The van der Waals surface area contributed by atoms with Crippen LogP contribution < -0.4 is 5.73 Å². The fourth-order valence-corrected chi connectivity index (χ4v) is 2.19. The van der Waals surface area contributed by atoms with Crippen LogP contribution in [0.3, 0.4) is 0 Å². The number of hydrogen-bond donors (Lipinski definition) is 1. The van der Waals surface area contributed by atoms with Crippen LogP contribution in [-0.4, -0.2) is 4.98 Å². The fraction of sp³-hybridized carbons (Fsp3) is 0.250. The zero-order valence-corrected chi connectivity index (χ0v) is 10.2. The Morgan fingerprint density at radius 1 is 1.40 bits per heavy atom. The van der Waals surface area contributed by atoms with Crippen LogP contribution >= 0.6 is 15.9 Å². The van der Waals surface area contributed by atoms with Crippen molar-refractivity contribution in [3.05, 3.63) is 40.5 Å². The first-order chi connectivity index (χ1) is 7.22. The largest absolute Gasteiger partial charge is 0.323 e. The van der Waals surface area contributed by atoms with Crippen LogP contribution in [0.25, 0.3) is 10.9 Å². The van der Waals surface area contributed by atoms with E-state index in [4.69, 9.17) is 5.73 Å². The molecule has 1 aromatic carbocycles. The van der Waals surface area contributed by atoms with Gasteiger partial charge >= 0.3 is 0 Å². The van der Waals surface area contributed by atoms with Crippen LogP contribution in [0, 0.1) is 0 Å². The Morgan fingerprint density at radius 3 is 2.87 bits per heavy atom. The number of nitrogens with two attached hydrogens (primary N) is 1. The lowest BCUT2D eigenvalue weighted by Crippen LogP contribution is -2.11. The number of hydrogen-bond acceptors (Lipinski definition) is 2. The molecule has 1 atom stereocenters. The predicted molar refractivity (Wildman–Crippen MR) is 66.7 cm³/mol. The molecule has 0 saturated carbocycles. The Morgan fingerprint density at radius 2 is 2.13 bits per heavy atom. The lowest BCUT2D eigenvalue weighted by Gasteiger charge is -2.11. The van der Waals surface area contributed by atoms with E-state index in [2.05, 4.69) is 33.9 Å². The summed E-state index contributed by atoms with van der Waals surface area (Å²) in [5, 5.41) is 1.14. The summed E-state index contributed by atoms with van der Waals surface area (Å²) in [6, 6.07) is 10.1. The predicted octanol–water partition coefficient (Wildman–Crippen LogP) is 3.41. The SMILES string of the molecule is CC[C@H](N)c1nc2ccccc2cc1Br. The third kappa shape index (κ3) is 2.03. The highest BCUT2D eigenvalue weighted by Crippen LogP contribution is 2.26. The Labute approximate surface area is 97.6 Å². The zero-order chi connectivity index (χ0) is 10.8. The molecule has 78 valence electrons. The lowest BCUT2D eigenvalue weighted by molar-refractivity contribution is 0.675. The highest BCUT2D eigenvalue weighted by Gasteiger charge is 2.10. The van der Waals surface area contributed by atoms with Crippen LogP contribution in [0.15, 0.2) is 34.8 Å². The van der Waals surface area contributed by atoms with E-state index in [9.17, 15) is 0 Å². The molecule has 0 aliphatic heterocycles. The molecular formula is C12H13BrN2. The molecule has 2 N–H and O–H groups in total. The van der Waals surface area contributed by atoms with Crippen molar-refractivity contribution >= 4 is 26.8 Å². The van der Waals surface area contributed by atoms with E-state index in [1.165, 1.54) is 0 Å². The van der Waals surface area contributed by atoms with E-state index >= 15 is 0 Å². The maximum absolute atomic E-state index is 5.99. The maximum atomic E-state index is 5.99. The summed E-state index contributed by atoms with van der Waals surface area (Å²) < 4.78 is 0.996. The highest BCUT2D eigenvalue weighted by molar-refractivity contribution is 9.10. The van der Waals surface area contributed by atoms with Crippen molar-refractivity contribution in [2.45, 2.75) is 19.4 Å². The van der Waals surface area contributed by atoms with Crippen LogP contribution in [0.5, 0.6) is 0 Å². The Hall–Kier alpha value is -0.930. The van der Waals surface area contributed by atoms with Crippen molar-refractivity contribution in [3.63, 3.8) is 0 Å². The van der Waals surface area contributed by atoms with Gasteiger partial charge in [0.25, 0.3) is 0 Å². The first-order valence-corrected chi connectivity index (χ1v) is 5.82. The van der Waals surface area contributed by atoms with Gasteiger partial charge in [0.1, 0.15) is 0 Å². The topological polar surface area (TPSA) is 38.9 Å². The summed E-state index contributed by atoms with van der Waals surface area (Å²) in [6.07, 6.45) is 0.893. The molecule has 1 heterocycles. The van der Waals surface area contributed by atoms with E-state index in [1.807, 2.05) is 24.3 Å². The molecule has 0 bridgehead atoms. The van der Waals surface area contributed by atoms with Crippen molar-refractivity contribution in [2.75, 3.05) is 0 Å².